The molecule has 0 bridgehead atoms. The molecule has 2 amide bonds. The van der Waals surface area contributed by atoms with E-state index in [-0.39, 0.29) is 23.0 Å². The smallest absolute Gasteiger partial charge is 0.354 e. The van der Waals surface area contributed by atoms with Gasteiger partial charge in [0.25, 0.3) is 10.0 Å². The van der Waals surface area contributed by atoms with E-state index in [1.54, 1.807) is 43.3 Å². The molecule has 0 heterocycles. The van der Waals surface area contributed by atoms with Crippen molar-refractivity contribution in [1.29, 1.82) is 0 Å². The van der Waals surface area contributed by atoms with Crippen molar-refractivity contribution in [3.63, 3.8) is 0 Å². The van der Waals surface area contributed by atoms with Gasteiger partial charge in [0, 0.05) is 18.1 Å². The van der Waals surface area contributed by atoms with Crippen LogP contribution < -0.4 is 9.62 Å². The fraction of sp³-hybridized carbons (Fsp3) is 0.333. The number of carbonyl (C=O) groups is 2. The molecule has 42 heavy (non-hydrogen) atoms. The van der Waals surface area contributed by atoms with Crippen molar-refractivity contribution in [3.05, 3.63) is 94.5 Å². The third-order valence-electron chi connectivity index (χ3n) is 6.47. The minimum atomic E-state index is -4.75. The van der Waals surface area contributed by atoms with E-state index in [4.69, 9.17) is 11.6 Å². The standard InChI is InChI=1S/C30H33ClF3N3O4S/c1-20(2)17-35-29(39)22(4)36(18-23-10-12-25(31)13-11-23)28(38)19-37(26-7-5-6-24(16-26)30(32,33)34)42(40,41)27-14-8-21(3)9-15-27/h5-16,20,22H,17-19H2,1-4H3,(H,35,39). The number of halogens is 4. The lowest BCUT2D eigenvalue weighted by atomic mass is 10.1. The molecule has 226 valence electrons. The lowest BCUT2D eigenvalue weighted by Crippen LogP contribution is -2.51. The molecule has 3 rings (SSSR count). The SMILES string of the molecule is Cc1ccc(S(=O)(=O)N(CC(=O)N(Cc2ccc(Cl)cc2)C(C)C(=O)NCC(C)C)c2cccc(C(F)(F)F)c2)cc1. The molecule has 0 radical (unpaired) electrons. The second-order valence-electron chi connectivity index (χ2n) is 10.3. The number of alkyl halides is 3. The molecule has 7 nitrogen and oxygen atoms in total. The summed E-state index contributed by atoms with van der Waals surface area (Å²) >= 11 is 6.00. The predicted molar refractivity (Wildman–Crippen MR) is 156 cm³/mol. The first kappa shape index (κ1) is 32.9. The van der Waals surface area contributed by atoms with Crippen LogP contribution in [-0.2, 0) is 32.3 Å². The summed E-state index contributed by atoms with van der Waals surface area (Å²) in [6.07, 6.45) is -4.75. The molecule has 1 N–H and O–H groups in total. The summed E-state index contributed by atoms with van der Waals surface area (Å²) in [5.41, 5.74) is -0.0348. The van der Waals surface area contributed by atoms with Gasteiger partial charge in [0.1, 0.15) is 12.6 Å². The van der Waals surface area contributed by atoms with E-state index in [9.17, 15) is 31.2 Å². The number of carbonyl (C=O) groups excluding carboxylic acids is 2. The summed E-state index contributed by atoms with van der Waals surface area (Å²) < 4.78 is 69.0. The first-order valence-corrected chi connectivity index (χ1v) is 15.0. The first-order valence-electron chi connectivity index (χ1n) is 13.2. The van der Waals surface area contributed by atoms with E-state index in [0.717, 1.165) is 17.7 Å². The maximum absolute atomic E-state index is 13.9. The van der Waals surface area contributed by atoms with E-state index in [0.29, 0.717) is 27.5 Å². The predicted octanol–water partition coefficient (Wildman–Crippen LogP) is 6.05. The number of amides is 2. The van der Waals surface area contributed by atoms with Crippen LogP contribution in [0.1, 0.15) is 37.5 Å². The zero-order valence-corrected chi connectivity index (χ0v) is 25.2. The maximum atomic E-state index is 13.9. The second kappa shape index (κ2) is 13.6. The van der Waals surface area contributed by atoms with Crippen LogP contribution in [-0.4, -0.2) is 44.3 Å². The van der Waals surface area contributed by atoms with E-state index in [1.165, 1.54) is 30.0 Å². The molecule has 0 spiro atoms. The molecule has 3 aromatic rings. The summed E-state index contributed by atoms with van der Waals surface area (Å²) in [5, 5.41) is 3.23. The van der Waals surface area contributed by atoms with Gasteiger partial charge in [-0.25, -0.2) is 8.42 Å². The highest BCUT2D eigenvalue weighted by molar-refractivity contribution is 7.92. The largest absolute Gasteiger partial charge is 0.416 e. The van der Waals surface area contributed by atoms with Crippen molar-refractivity contribution < 1.29 is 31.2 Å². The molecule has 1 atom stereocenters. The van der Waals surface area contributed by atoms with Gasteiger partial charge >= 0.3 is 6.18 Å². The van der Waals surface area contributed by atoms with Crippen molar-refractivity contribution in [1.82, 2.24) is 10.2 Å². The summed E-state index contributed by atoms with van der Waals surface area (Å²) in [6.45, 7) is 6.50. The Labute approximate surface area is 249 Å². The lowest BCUT2D eigenvalue weighted by molar-refractivity contribution is -0.139. The van der Waals surface area contributed by atoms with Crippen LogP contribution in [0.3, 0.4) is 0 Å². The summed E-state index contributed by atoms with van der Waals surface area (Å²) in [4.78, 5) is 27.9. The van der Waals surface area contributed by atoms with E-state index in [1.807, 2.05) is 13.8 Å². The Kier molecular flexibility index (Phi) is 10.7. The van der Waals surface area contributed by atoms with Gasteiger partial charge in [-0.3, -0.25) is 13.9 Å². The fourth-order valence-electron chi connectivity index (χ4n) is 4.03. The summed E-state index contributed by atoms with van der Waals surface area (Å²) in [7, 11) is -4.51. The number of anilines is 1. The third-order valence-corrected chi connectivity index (χ3v) is 8.51. The molecule has 0 aliphatic carbocycles. The molecule has 0 aliphatic rings. The highest BCUT2D eigenvalue weighted by atomic mass is 35.5. The topological polar surface area (TPSA) is 86.8 Å². The molecule has 0 aromatic heterocycles. The molecular formula is C30H33ClF3N3O4S. The van der Waals surface area contributed by atoms with E-state index >= 15 is 0 Å². The maximum Gasteiger partial charge on any atom is 0.416 e. The van der Waals surface area contributed by atoms with E-state index < -0.39 is 46.2 Å². The van der Waals surface area contributed by atoms with Gasteiger partial charge in [-0.1, -0.05) is 61.3 Å². The molecule has 3 aromatic carbocycles. The third kappa shape index (κ3) is 8.48. The Morgan fingerprint density at radius 2 is 1.57 bits per heavy atom. The average molecular weight is 624 g/mol. The summed E-state index contributed by atoms with van der Waals surface area (Å²) in [6, 6.07) is 15.0. The number of nitrogens with zero attached hydrogens (tertiary/aromatic N) is 2. The Bertz CT molecular complexity index is 1500. The van der Waals surface area contributed by atoms with Crippen LogP contribution in [0.25, 0.3) is 0 Å². The van der Waals surface area contributed by atoms with Crippen LogP contribution in [0.2, 0.25) is 5.02 Å². The highest BCUT2D eigenvalue weighted by Gasteiger charge is 2.35. The summed E-state index contributed by atoms with van der Waals surface area (Å²) in [5.74, 6) is -1.11. The van der Waals surface area contributed by atoms with Crippen molar-refractivity contribution in [3.8, 4) is 0 Å². The first-order chi connectivity index (χ1) is 19.6. The molecule has 0 aliphatic heterocycles. The van der Waals surface area contributed by atoms with E-state index in [2.05, 4.69) is 5.32 Å². The zero-order chi connectivity index (χ0) is 31.2. The molecule has 0 saturated carbocycles. The monoisotopic (exact) mass is 623 g/mol. The molecule has 0 fully saturated rings. The quantitative estimate of drug-likeness (QED) is 0.282. The number of rotatable bonds is 11. The zero-order valence-electron chi connectivity index (χ0n) is 23.7. The molecular weight excluding hydrogens is 591 g/mol. The number of nitrogens with one attached hydrogen (secondary N) is 1. The molecule has 12 heteroatoms. The average Bonchev–Trinajstić information content (AvgIpc) is 2.93. The molecule has 1 unspecified atom stereocenters. The highest BCUT2D eigenvalue weighted by Crippen LogP contribution is 2.33. The molecule has 0 saturated heterocycles. The Balaban J connectivity index is 2.07. The number of benzene rings is 3. The Morgan fingerprint density at radius 1 is 0.952 bits per heavy atom. The number of aryl methyl sites for hydroxylation is 1. The van der Waals surface area contributed by atoms with Crippen LogP contribution in [0, 0.1) is 12.8 Å². The normalized spacial score (nSPS) is 12.6. The van der Waals surface area contributed by atoms with Crippen LogP contribution >= 0.6 is 11.6 Å². The van der Waals surface area contributed by atoms with Gasteiger partial charge in [-0.2, -0.15) is 13.2 Å². The van der Waals surface area contributed by atoms with Gasteiger partial charge in [0.2, 0.25) is 11.8 Å². The van der Waals surface area contributed by atoms with Crippen LogP contribution in [0.5, 0.6) is 0 Å². The van der Waals surface area contributed by atoms with Gasteiger partial charge in [-0.05, 0) is 67.8 Å². The van der Waals surface area contributed by atoms with Gasteiger partial charge < -0.3 is 10.2 Å². The van der Waals surface area contributed by atoms with Crippen molar-refractivity contribution in [2.45, 2.75) is 51.4 Å². The number of sulfonamides is 1. The Hall–Kier alpha value is -3.57. The van der Waals surface area contributed by atoms with Gasteiger partial charge in [0.15, 0.2) is 0 Å². The van der Waals surface area contributed by atoms with Crippen molar-refractivity contribution in [2.24, 2.45) is 5.92 Å². The second-order valence-corrected chi connectivity index (χ2v) is 12.6. The van der Waals surface area contributed by atoms with Gasteiger partial charge in [0.05, 0.1) is 16.1 Å². The Morgan fingerprint density at radius 3 is 2.14 bits per heavy atom. The fourth-order valence-corrected chi connectivity index (χ4v) is 5.56. The van der Waals surface area contributed by atoms with Gasteiger partial charge in [-0.15, -0.1) is 0 Å². The minimum Gasteiger partial charge on any atom is -0.354 e. The number of hydrogen-bond donors (Lipinski definition) is 1. The lowest BCUT2D eigenvalue weighted by Gasteiger charge is -2.32. The van der Waals surface area contributed by atoms with Crippen LogP contribution in [0.4, 0.5) is 18.9 Å². The minimum absolute atomic E-state index is 0.0761. The van der Waals surface area contributed by atoms with Crippen molar-refractivity contribution in [2.75, 3.05) is 17.4 Å². The number of hydrogen-bond acceptors (Lipinski definition) is 4. The van der Waals surface area contributed by atoms with Crippen molar-refractivity contribution >= 4 is 39.1 Å². The van der Waals surface area contributed by atoms with Crippen LogP contribution in [0.15, 0.2) is 77.7 Å².